The first-order valence-corrected chi connectivity index (χ1v) is 9.33. The van der Waals surface area contributed by atoms with Gasteiger partial charge in [0.2, 0.25) is 0 Å². The minimum atomic E-state index is 0.408. The Bertz CT molecular complexity index is 776. The lowest BCUT2D eigenvalue weighted by molar-refractivity contribution is 0.242. The molecule has 0 fully saturated rings. The summed E-state index contributed by atoms with van der Waals surface area (Å²) in [6, 6.07) is 0.408. The highest BCUT2D eigenvalue weighted by Crippen LogP contribution is 2.20. The third kappa shape index (κ3) is 3.63. The molecule has 0 N–H and O–H groups in total. The molecule has 0 saturated carbocycles. The van der Waals surface area contributed by atoms with Crippen LogP contribution in [0.5, 0.6) is 0 Å². The molecule has 2 aromatic rings. The Kier molecular flexibility index (Phi) is 4.61. The third-order valence-corrected chi connectivity index (χ3v) is 4.99. The lowest BCUT2D eigenvalue weighted by Crippen LogP contribution is -2.31. The van der Waals surface area contributed by atoms with Gasteiger partial charge in [-0.1, -0.05) is 0 Å². The van der Waals surface area contributed by atoms with E-state index in [4.69, 9.17) is 4.98 Å². The SMILES string of the molecule is CC(C)n1cc(CN2CCc3nc(C4=NCCCC4)ncc3C2)cn1. The minimum Gasteiger partial charge on any atom is -0.294 e. The van der Waals surface area contributed by atoms with Gasteiger partial charge < -0.3 is 0 Å². The van der Waals surface area contributed by atoms with Gasteiger partial charge in [-0.05, 0) is 33.1 Å². The highest BCUT2D eigenvalue weighted by atomic mass is 15.3. The number of fused-ring (bicyclic) bond motifs is 1. The zero-order chi connectivity index (χ0) is 17.2. The van der Waals surface area contributed by atoms with Crippen LogP contribution < -0.4 is 0 Å². The Morgan fingerprint density at radius 3 is 2.84 bits per heavy atom. The molecule has 6 heteroatoms. The Morgan fingerprint density at radius 2 is 2.08 bits per heavy atom. The monoisotopic (exact) mass is 338 g/mol. The lowest BCUT2D eigenvalue weighted by Gasteiger charge is -2.27. The first-order chi connectivity index (χ1) is 12.2. The van der Waals surface area contributed by atoms with Crippen molar-refractivity contribution in [2.75, 3.05) is 13.1 Å². The van der Waals surface area contributed by atoms with E-state index in [0.29, 0.717) is 6.04 Å². The molecule has 6 nitrogen and oxygen atoms in total. The predicted molar refractivity (Wildman–Crippen MR) is 97.7 cm³/mol. The summed E-state index contributed by atoms with van der Waals surface area (Å²) in [4.78, 5) is 16.5. The molecular weight excluding hydrogens is 312 g/mol. The van der Waals surface area contributed by atoms with Crippen LogP contribution in [-0.4, -0.2) is 43.4 Å². The predicted octanol–water partition coefficient (Wildman–Crippen LogP) is 2.79. The second kappa shape index (κ2) is 7.04. The fourth-order valence-corrected chi connectivity index (χ4v) is 3.53. The molecule has 25 heavy (non-hydrogen) atoms. The van der Waals surface area contributed by atoms with Gasteiger partial charge >= 0.3 is 0 Å². The van der Waals surface area contributed by atoms with Crippen LogP contribution in [0.1, 0.15) is 61.8 Å². The van der Waals surface area contributed by atoms with E-state index < -0.39 is 0 Å². The highest BCUT2D eigenvalue weighted by molar-refractivity contribution is 5.97. The summed E-state index contributed by atoms with van der Waals surface area (Å²) in [5, 5.41) is 4.44. The van der Waals surface area contributed by atoms with E-state index in [2.05, 4.69) is 40.0 Å². The fourth-order valence-electron chi connectivity index (χ4n) is 3.53. The Balaban J connectivity index is 1.45. The molecular formula is C19H26N6. The van der Waals surface area contributed by atoms with Crippen LogP contribution in [0, 0.1) is 0 Å². The molecule has 4 rings (SSSR count). The molecule has 0 aromatic carbocycles. The maximum absolute atomic E-state index is 4.82. The second-order valence-electron chi connectivity index (χ2n) is 7.33. The van der Waals surface area contributed by atoms with Gasteiger partial charge in [-0.2, -0.15) is 5.10 Å². The van der Waals surface area contributed by atoms with Crippen LogP contribution in [0.2, 0.25) is 0 Å². The maximum Gasteiger partial charge on any atom is 0.173 e. The summed E-state index contributed by atoms with van der Waals surface area (Å²) in [5.41, 5.74) is 4.82. The molecule has 0 saturated heterocycles. The number of aliphatic imine (C=N–C) groups is 1. The summed E-state index contributed by atoms with van der Waals surface area (Å²) in [6.07, 6.45) is 10.5. The maximum atomic E-state index is 4.82. The summed E-state index contributed by atoms with van der Waals surface area (Å²) >= 11 is 0. The second-order valence-corrected chi connectivity index (χ2v) is 7.33. The average Bonchev–Trinajstić information content (AvgIpc) is 3.11. The smallest absolute Gasteiger partial charge is 0.173 e. The molecule has 0 spiro atoms. The van der Waals surface area contributed by atoms with Crippen LogP contribution in [0.15, 0.2) is 23.6 Å². The normalized spacial score (nSPS) is 18.3. The van der Waals surface area contributed by atoms with Gasteiger partial charge in [-0.3, -0.25) is 14.6 Å². The first-order valence-electron chi connectivity index (χ1n) is 9.33. The number of rotatable bonds is 4. The standard InChI is InChI=1S/C19H26N6/c1-14(2)25-12-15(9-22-25)11-24-8-6-17-16(13-24)10-21-19(23-17)18-5-3-4-7-20-18/h9-10,12,14H,3-8,11,13H2,1-2H3. The van der Waals surface area contributed by atoms with Gasteiger partial charge in [0.25, 0.3) is 0 Å². The lowest BCUT2D eigenvalue weighted by atomic mass is 10.1. The Morgan fingerprint density at radius 1 is 1.16 bits per heavy atom. The van der Waals surface area contributed by atoms with E-state index in [-0.39, 0.29) is 0 Å². The number of hydrogen-bond donors (Lipinski definition) is 0. The molecule has 2 aliphatic rings. The fraction of sp³-hybridized carbons (Fsp3) is 0.579. The third-order valence-electron chi connectivity index (χ3n) is 4.99. The van der Waals surface area contributed by atoms with Crippen molar-refractivity contribution in [3.05, 3.63) is 41.2 Å². The van der Waals surface area contributed by atoms with Gasteiger partial charge in [0.1, 0.15) is 0 Å². The number of hydrogen-bond acceptors (Lipinski definition) is 5. The van der Waals surface area contributed by atoms with Crippen molar-refractivity contribution in [3.63, 3.8) is 0 Å². The Labute approximate surface area is 149 Å². The largest absolute Gasteiger partial charge is 0.294 e. The molecule has 0 aliphatic carbocycles. The molecule has 0 unspecified atom stereocenters. The first kappa shape index (κ1) is 16.4. The highest BCUT2D eigenvalue weighted by Gasteiger charge is 2.20. The molecule has 0 radical (unpaired) electrons. The van der Waals surface area contributed by atoms with Gasteiger partial charge in [0.05, 0.1) is 17.6 Å². The molecule has 2 aromatic heterocycles. The van der Waals surface area contributed by atoms with Crippen LogP contribution in [0.4, 0.5) is 0 Å². The summed E-state index contributed by atoms with van der Waals surface area (Å²) in [6.45, 7) is 8.10. The molecule has 0 bridgehead atoms. The van der Waals surface area contributed by atoms with Gasteiger partial charge in [-0.15, -0.1) is 0 Å². The Hall–Kier alpha value is -2.08. The summed E-state index contributed by atoms with van der Waals surface area (Å²) in [5.74, 6) is 0.852. The van der Waals surface area contributed by atoms with E-state index in [1.165, 1.54) is 29.7 Å². The quantitative estimate of drug-likeness (QED) is 0.860. The topological polar surface area (TPSA) is 59.2 Å². The minimum absolute atomic E-state index is 0.408. The molecule has 2 aliphatic heterocycles. The van der Waals surface area contributed by atoms with Crippen LogP contribution in [0.25, 0.3) is 0 Å². The summed E-state index contributed by atoms with van der Waals surface area (Å²) in [7, 11) is 0. The molecule has 132 valence electrons. The van der Waals surface area contributed by atoms with E-state index in [0.717, 1.165) is 50.6 Å². The van der Waals surface area contributed by atoms with E-state index in [1.54, 1.807) is 0 Å². The van der Waals surface area contributed by atoms with Crippen molar-refractivity contribution in [2.24, 2.45) is 4.99 Å². The van der Waals surface area contributed by atoms with Crippen LogP contribution in [-0.2, 0) is 19.5 Å². The van der Waals surface area contributed by atoms with Crippen molar-refractivity contribution >= 4 is 5.71 Å². The van der Waals surface area contributed by atoms with Crippen LogP contribution in [0.3, 0.4) is 0 Å². The van der Waals surface area contributed by atoms with Gasteiger partial charge in [0, 0.05) is 62.2 Å². The van der Waals surface area contributed by atoms with Gasteiger partial charge in [0.15, 0.2) is 5.82 Å². The zero-order valence-corrected chi connectivity index (χ0v) is 15.1. The summed E-state index contributed by atoms with van der Waals surface area (Å²) < 4.78 is 2.02. The van der Waals surface area contributed by atoms with Crippen molar-refractivity contribution in [1.82, 2.24) is 24.6 Å². The van der Waals surface area contributed by atoms with E-state index >= 15 is 0 Å². The average molecular weight is 338 g/mol. The zero-order valence-electron chi connectivity index (χ0n) is 15.1. The van der Waals surface area contributed by atoms with Crippen molar-refractivity contribution < 1.29 is 0 Å². The van der Waals surface area contributed by atoms with Crippen LogP contribution >= 0.6 is 0 Å². The molecule has 0 atom stereocenters. The van der Waals surface area contributed by atoms with E-state index in [1.807, 2.05) is 17.1 Å². The van der Waals surface area contributed by atoms with Gasteiger partial charge in [-0.25, -0.2) is 9.97 Å². The van der Waals surface area contributed by atoms with Crippen molar-refractivity contribution in [3.8, 4) is 0 Å². The van der Waals surface area contributed by atoms with E-state index in [9.17, 15) is 0 Å². The van der Waals surface area contributed by atoms with Crippen molar-refractivity contribution in [1.29, 1.82) is 0 Å². The molecule has 0 amide bonds. The number of nitrogens with zero attached hydrogens (tertiary/aromatic N) is 6. The number of aromatic nitrogens is 4. The van der Waals surface area contributed by atoms with Crippen molar-refractivity contribution in [2.45, 2.75) is 58.7 Å². The molecule has 4 heterocycles.